The molecule has 12 heavy (non-hydrogen) atoms. The molecule has 4 nitrogen and oxygen atoms in total. The Morgan fingerprint density at radius 2 is 2.25 bits per heavy atom. The summed E-state index contributed by atoms with van der Waals surface area (Å²) in [5.41, 5.74) is 0. The van der Waals surface area contributed by atoms with Gasteiger partial charge in [-0.05, 0) is 0 Å². The van der Waals surface area contributed by atoms with Gasteiger partial charge in [0.25, 0.3) is 0 Å². The topological polar surface area (TPSA) is 47.6 Å². The summed E-state index contributed by atoms with van der Waals surface area (Å²) >= 11 is 0. The van der Waals surface area contributed by atoms with E-state index in [1.165, 1.54) is 0 Å². The van der Waals surface area contributed by atoms with Gasteiger partial charge in [0.05, 0.1) is 19.8 Å². The van der Waals surface area contributed by atoms with Crippen molar-refractivity contribution in [1.82, 2.24) is 5.32 Å². The first-order valence-electron chi connectivity index (χ1n) is 4.20. The molecule has 1 atom stereocenters. The summed E-state index contributed by atoms with van der Waals surface area (Å²) in [4.78, 5) is 11.2. The predicted octanol–water partition coefficient (Wildman–Crippen LogP) is 0.131. The van der Waals surface area contributed by atoms with E-state index in [4.69, 9.17) is 9.47 Å². The van der Waals surface area contributed by atoms with Crippen LogP contribution in [0.5, 0.6) is 0 Å². The van der Waals surface area contributed by atoms with E-state index >= 15 is 0 Å². The summed E-state index contributed by atoms with van der Waals surface area (Å²) in [5.74, 6) is 0.000950. The zero-order valence-electron chi connectivity index (χ0n) is 7.50. The lowest BCUT2D eigenvalue weighted by Gasteiger charge is -2.24. The molecule has 0 aliphatic carbocycles. The second-order valence-electron chi connectivity index (χ2n) is 3.10. The monoisotopic (exact) mass is 173 g/mol. The van der Waals surface area contributed by atoms with Crippen molar-refractivity contribution in [2.24, 2.45) is 5.92 Å². The lowest BCUT2D eigenvalue weighted by molar-refractivity contribution is -0.138. The zero-order chi connectivity index (χ0) is 8.97. The molecular formula is C8H15NO3. The molecule has 0 bridgehead atoms. The first kappa shape index (κ1) is 9.48. The van der Waals surface area contributed by atoms with Gasteiger partial charge in [-0.15, -0.1) is 0 Å². The van der Waals surface area contributed by atoms with Crippen molar-refractivity contribution in [3.05, 3.63) is 0 Å². The number of rotatable bonds is 2. The Balaban J connectivity index is 2.24. The summed E-state index contributed by atoms with van der Waals surface area (Å²) in [6.07, 6.45) is -0.256. The molecule has 1 unspecified atom stereocenters. The SMILES string of the molecule is CC(C)C(=O)NC1COCCO1. The number of nitrogens with one attached hydrogen (secondary N) is 1. The van der Waals surface area contributed by atoms with Crippen LogP contribution in [0.3, 0.4) is 0 Å². The third-order valence-electron chi connectivity index (χ3n) is 1.64. The summed E-state index contributed by atoms with van der Waals surface area (Å²) in [5, 5.41) is 2.73. The normalized spacial score (nSPS) is 24.1. The van der Waals surface area contributed by atoms with Crippen molar-refractivity contribution >= 4 is 5.91 Å². The smallest absolute Gasteiger partial charge is 0.224 e. The summed E-state index contributed by atoms with van der Waals surface area (Å²) < 4.78 is 10.4. The van der Waals surface area contributed by atoms with Gasteiger partial charge < -0.3 is 14.8 Å². The van der Waals surface area contributed by atoms with Crippen molar-refractivity contribution in [3.63, 3.8) is 0 Å². The van der Waals surface area contributed by atoms with Crippen LogP contribution in [0.1, 0.15) is 13.8 Å². The molecule has 0 aromatic carbocycles. The molecule has 0 radical (unpaired) electrons. The highest BCUT2D eigenvalue weighted by atomic mass is 16.6. The molecule has 1 fully saturated rings. The molecule has 1 saturated heterocycles. The second-order valence-corrected chi connectivity index (χ2v) is 3.10. The van der Waals surface area contributed by atoms with Gasteiger partial charge in [-0.25, -0.2) is 0 Å². The van der Waals surface area contributed by atoms with Crippen molar-refractivity contribution in [1.29, 1.82) is 0 Å². The first-order chi connectivity index (χ1) is 5.70. The van der Waals surface area contributed by atoms with Crippen molar-refractivity contribution < 1.29 is 14.3 Å². The minimum absolute atomic E-state index is 0.00414. The Morgan fingerprint density at radius 3 is 2.75 bits per heavy atom. The lowest BCUT2D eigenvalue weighted by atomic mass is 10.2. The van der Waals surface area contributed by atoms with E-state index in [0.29, 0.717) is 19.8 Å². The highest BCUT2D eigenvalue weighted by Crippen LogP contribution is 1.99. The quantitative estimate of drug-likeness (QED) is 0.645. The van der Waals surface area contributed by atoms with E-state index in [1.807, 2.05) is 13.8 Å². The van der Waals surface area contributed by atoms with E-state index in [9.17, 15) is 4.79 Å². The Labute approximate surface area is 72.2 Å². The van der Waals surface area contributed by atoms with Gasteiger partial charge in [0.2, 0.25) is 5.91 Å². The zero-order valence-corrected chi connectivity index (χ0v) is 7.50. The molecule has 1 heterocycles. The maximum absolute atomic E-state index is 11.2. The standard InChI is InChI=1S/C8H15NO3/c1-6(2)8(10)9-7-5-11-3-4-12-7/h6-7H,3-5H2,1-2H3,(H,9,10). The van der Waals surface area contributed by atoms with E-state index in [-0.39, 0.29) is 18.1 Å². The largest absolute Gasteiger partial charge is 0.374 e. The lowest BCUT2D eigenvalue weighted by Crippen LogP contribution is -2.45. The fraction of sp³-hybridized carbons (Fsp3) is 0.875. The summed E-state index contributed by atoms with van der Waals surface area (Å²) in [6.45, 7) is 5.33. The molecule has 1 aliphatic rings. The number of hydrogen-bond donors (Lipinski definition) is 1. The van der Waals surface area contributed by atoms with Gasteiger partial charge >= 0.3 is 0 Å². The van der Waals surface area contributed by atoms with Crippen LogP contribution in [0.2, 0.25) is 0 Å². The fourth-order valence-electron chi connectivity index (χ4n) is 0.896. The van der Waals surface area contributed by atoms with Crippen LogP contribution < -0.4 is 5.32 Å². The van der Waals surface area contributed by atoms with Crippen LogP contribution >= 0.6 is 0 Å². The Kier molecular flexibility index (Phi) is 3.49. The van der Waals surface area contributed by atoms with Crippen molar-refractivity contribution in [2.75, 3.05) is 19.8 Å². The molecule has 1 rings (SSSR count). The molecule has 4 heteroatoms. The summed E-state index contributed by atoms with van der Waals surface area (Å²) in [7, 11) is 0. The van der Waals surface area contributed by atoms with Gasteiger partial charge in [-0.2, -0.15) is 0 Å². The molecule has 1 aliphatic heterocycles. The van der Waals surface area contributed by atoms with Gasteiger partial charge in [0.1, 0.15) is 0 Å². The first-order valence-corrected chi connectivity index (χ1v) is 4.20. The second kappa shape index (κ2) is 4.42. The maximum Gasteiger partial charge on any atom is 0.224 e. The van der Waals surface area contributed by atoms with Crippen LogP contribution in [0.15, 0.2) is 0 Å². The number of ether oxygens (including phenoxy) is 2. The van der Waals surface area contributed by atoms with Gasteiger partial charge in [0.15, 0.2) is 6.23 Å². The number of carbonyl (C=O) groups excluding carboxylic acids is 1. The molecular weight excluding hydrogens is 158 g/mol. The van der Waals surface area contributed by atoms with Crippen LogP contribution in [0.4, 0.5) is 0 Å². The number of carbonyl (C=O) groups is 1. The molecule has 0 aromatic rings. The molecule has 0 spiro atoms. The molecule has 70 valence electrons. The van der Waals surface area contributed by atoms with E-state index in [0.717, 1.165) is 0 Å². The number of hydrogen-bond acceptors (Lipinski definition) is 3. The van der Waals surface area contributed by atoms with Gasteiger partial charge in [-0.1, -0.05) is 13.8 Å². The van der Waals surface area contributed by atoms with Crippen LogP contribution in [-0.2, 0) is 14.3 Å². The minimum atomic E-state index is -0.256. The summed E-state index contributed by atoms with van der Waals surface area (Å²) in [6, 6.07) is 0. The van der Waals surface area contributed by atoms with E-state index in [2.05, 4.69) is 5.32 Å². The average molecular weight is 173 g/mol. The Morgan fingerprint density at radius 1 is 1.50 bits per heavy atom. The van der Waals surface area contributed by atoms with Crippen LogP contribution in [-0.4, -0.2) is 32.0 Å². The predicted molar refractivity (Wildman–Crippen MR) is 43.5 cm³/mol. The third-order valence-corrected chi connectivity index (χ3v) is 1.64. The third kappa shape index (κ3) is 2.79. The minimum Gasteiger partial charge on any atom is -0.374 e. The van der Waals surface area contributed by atoms with Gasteiger partial charge in [-0.3, -0.25) is 4.79 Å². The molecule has 1 amide bonds. The highest BCUT2D eigenvalue weighted by Gasteiger charge is 2.17. The van der Waals surface area contributed by atoms with Crippen molar-refractivity contribution in [3.8, 4) is 0 Å². The van der Waals surface area contributed by atoms with Crippen molar-refractivity contribution in [2.45, 2.75) is 20.1 Å². The molecule has 1 N–H and O–H groups in total. The highest BCUT2D eigenvalue weighted by molar-refractivity contribution is 5.77. The molecule has 0 aromatic heterocycles. The Bertz CT molecular complexity index is 152. The van der Waals surface area contributed by atoms with E-state index < -0.39 is 0 Å². The van der Waals surface area contributed by atoms with Crippen LogP contribution in [0, 0.1) is 5.92 Å². The van der Waals surface area contributed by atoms with E-state index in [1.54, 1.807) is 0 Å². The fourth-order valence-corrected chi connectivity index (χ4v) is 0.896. The average Bonchev–Trinajstić information content (AvgIpc) is 2.06. The molecule has 0 saturated carbocycles. The Hall–Kier alpha value is -0.610. The van der Waals surface area contributed by atoms with Crippen LogP contribution in [0.25, 0.3) is 0 Å². The maximum atomic E-state index is 11.2. The van der Waals surface area contributed by atoms with Gasteiger partial charge in [0, 0.05) is 5.92 Å². The number of amides is 1.